The highest BCUT2D eigenvalue weighted by atomic mass is 32.1. The number of aromatic nitrogens is 4. The van der Waals surface area contributed by atoms with E-state index in [1.165, 1.54) is 4.68 Å². The van der Waals surface area contributed by atoms with Crippen molar-refractivity contribution in [3.05, 3.63) is 35.4 Å². The van der Waals surface area contributed by atoms with Gasteiger partial charge in [-0.2, -0.15) is 5.10 Å². The third-order valence-electron chi connectivity index (χ3n) is 2.97. The Hall–Kier alpha value is -2.35. The number of hydrogen-bond donors (Lipinski definition) is 2. The molecule has 0 atom stereocenters. The van der Waals surface area contributed by atoms with Crippen LogP contribution in [0.4, 0.5) is 5.69 Å². The van der Waals surface area contributed by atoms with Crippen molar-refractivity contribution in [3.8, 4) is 0 Å². The first-order chi connectivity index (χ1) is 9.63. The van der Waals surface area contributed by atoms with Crippen molar-refractivity contribution in [2.45, 2.75) is 20.0 Å². The maximum absolute atomic E-state index is 10.8. The molecule has 3 rings (SSSR count). The summed E-state index contributed by atoms with van der Waals surface area (Å²) in [6.45, 7) is 2.72. The number of aryl methyl sites for hydroxylation is 1. The number of amides is 1. The molecule has 0 aliphatic rings. The number of thiazole rings is 1. The minimum atomic E-state index is -0.411. The predicted octanol–water partition coefficient (Wildman–Crippen LogP) is 0.998. The first-order valence-electron chi connectivity index (χ1n) is 6.09. The molecule has 3 heterocycles. The van der Waals surface area contributed by atoms with E-state index in [1.54, 1.807) is 23.7 Å². The lowest BCUT2D eigenvalue weighted by molar-refractivity contribution is -0.118. The molecule has 1 amide bonds. The zero-order chi connectivity index (χ0) is 14.1. The standard InChI is InChI=1S/C12H14N6OS/c1-8-10(18-2-3-20-12(18)16-8)5-14-9-4-15-17(6-9)7-11(13)19/h2-4,6,14H,5,7H2,1H3,(H2,13,19). The SMILES string of the molecule is Cc1nc2sccn2c1CNc1cnn(CC(N)=O)c1. The van der Waals surface area contributed by atoms with Crippen LogP contribution in [0, 0.1) is 6.92 Å². The molecule has 104 valence electrons. The van der Waals surface area contributed by atoms with Crippen molar-refractivity contribution >= 4 is 27.9 Å². The lowest BCUT2D eigenvalue weighted by Crippen LogP contribution is -2.18. The summed E-state index contributed by atoms with van der Waals surface area (Å²) in [6.07, 6.45) is 5.43. The molecule has 0 radical (unpaired) electrons. The second kappa shape index (κ2) is 4.97. The van der Waals surface area contributed by atoms with Crippen LogP contribution in [0.5, 0.6) is 0 Å². The maximum atomic E-state index is 10.8. The molecule has 0 aliphatic heterocycles. The van der Waals surface area contributed by atoms with Gasteiger partial charge in [0.25, 0.3) is 0 Å². The fourth-order valence-corrected chi connectivity index (χ4v) is 2.82. The number of nitrogens with one attached hydrogen (secondary N) is 1. The maximum Gasteiger partial charge on any atom is 0.239 e. The van der Waals surface area contributed by atoms with Crippen LogP contribution in [0.3, 0.4) is 0 Å². The fraction of sp³-hybridized carbons (Fsp3) is 0.250. The van der Waals surface area contributed by atoms with Gasteiger partial charge in [0.1, 0.15) is 6.54 Å². The van der Waals surface area contributed by atoms with Crippen LogP contribution < -0.4 is 11.1 Å². The van der Waals surface area contributed by atoms with Gasteiger partial charge in [-0.1, -0.05) is 0 Å². The summed E-state index contributed by atoms with van der Waals surface area (Å²) in [5, 5.41) is 9.35. The van der Waals surface area contributed by atoms with Crippen LogP contribution in [0.15, 0.2) is 24.0 Å². The number of rotatable bonds is 5. The van der Waals surface area contributed by atoms with E-state index in [0.717, 1.165) is 22.0 Å². The average Bonchev–Trinajstić information content (AvgIpc) is 3.03. The lowest BCUT2D eigenvalue weighted by atomic mass is 10.3. The van der Waals surface area contributed by atoms with Gasteiger partial charge in [-0.25, -0.2) is 4.98 Å². The van der Waals surface area contributed by atoms with E-state index in [0.29, 0.717) is 6.54 Å². The van der Waals surface area contributed by atoms with E-state index >= 15 is 0 Å². The number of primary amides is 1. The molecule has 20 heavy (non-hydrogen) atoms. The molecule has 0 aromatic carbocycles. The van der Waals surface area contributed by atoms with E-state index in [2.05, 4.69) is 19.8 Å². The minimum absolute atomic E-state index is 0.0855. The number of anilines is 1. The van der Waals surface area contributed by atoms with Gasteiger partial charge in [-0.15, -0.1) is 11.3 Å². The van der Waals surface area contributed by atoms with Gasteiger partial charge < -0.3 is 11.1 Å². The number of fused-ring (bicyclic) bond motifs is 1. The van der Waals surface area contributed by atoms with Crippen LogP contribution in [-0.4, -0.2) is 25.1 Å². The van der Waals surface area contributed by atoms with Gasteiger partial charge in [0, 0.05) is 17.8 Å². The van der Waals surface area contributed by atoms with Crippen molar-refractivity contribution < 1.29 is 4.79 Å². The Kier molecular flexibility index (Phi) is 3.15. The summed E-state index contributed by atoms with van der Waals surface area (Å²) in [6, 6.07) is 0. The number of carbonyl (C=O) groups is 1. The quantitative estimate of drug-likeness (QED) is 0.733. The fourth-order valence-electron chi connectivity index (χ4n) is 2.04. The van der Waals surface area contributed by atoms with E-state index < -0.39 is 5.91 Å². The molecular formula is C12H14N6OS. The Morgan fingerprint density at radius 3 is 3.20 bits per heavy atom. The minimum Gasteiger partial charge on any atom is -0.377 e. The average molecular weight is 290 g/mol. The Labute approximate surface area is 119 Å². The predicted molar refractivity (Wildman–Crippen MR) is 76.6 cm³/mol. The van der Waals surface area contributed by atoms with Crippen molar-refractivity contribution in [2.24, 2.45) is 5.73 Å². The number of nitrogens with two attached hydrogens (primary N) is 1. The molecule has 3 aromatic rings. The number of nitrogens with zero attached hydrogens (tertiary/aromatic N) is 4. The summed E-state index contributed by atoms with van der Waals surface area (Å²) in [7, 11) is 0. The third-order valence-corrected chi connectivity index (χ3v) is 3.73. The lowest BCUT2D eigenvalue weighted by Gasteiger charge is -2.03. The summed E-state index contributed by atoms with van der Waals surface area (Å²) in [4.78, 5) is 16.3. The highest BCUT2D eigenvalue weighted by molar-refractivity contribution is 7.15. The largest absolute Gasteiger partial charge is 0.377 e. The topological polar surface area (TPSA) is 90.2 Å². The number of hydrogen-bond acceptors (Lipinski definition) is 5. The Morgan fingerprint density at radius 1 is 1.55 bits per heavy atom. The molecule has 0 aliphatic carbocycles. The van der Waals surface area contributed by atoms with Crippen LogP contribution in [0.1, 0.15) is 11.4 Å². The summed E-state index contributed by atoms with van der Waals surface area (Å²) < 4.78 is 3.58. The van der Waals surface area contributed by atoms with Crippen LogP contribution in [0.25, 0.3) is 4.96 Å². The molecular weight excluding hydrogens is 276 g/mol. The summed E-state index contributed by atoms with van der Waals surface area (Å²) >= 11 is 1.61. The van der Waals surface area contributed by atoms with Gasteiger partial charge in [0.05, 0.1) is 29.8 Å². The van der Waals surface area contributed by atoms with Crippen molar-refractivity contribution in [3.63, 3.8) is 0 Å². The molecule has 0 spiro atoms. The molecule has 0 bridgehead atoms. The Bertz CT molecular complexity index is 755. The van der Waals surface area contributed by atoms with Crippen molar-refractivity contribution in [1.82, 2.24) is 19.2 Å². The summed E-state index contributed by atoms with van der Waals surface area (Å²) in [5.41, 5.74) is 8.09. The van der Waals surface area contributed by atoms with Crippen LogP contribution in [0.2, 0.25) is 0 Å². The summed E-state index contributed by atoms with van der Waals surface area (Å²) in [5.74, 6) is -0.411. The molecule has 7 nitrogen and oxygen atoms in total. The molecule has 0 fully saturated rings. The van der Waals surface area contributed by atoms with Gasteiger partial charge in [-0.05, 0) is 6.92 Å². The second-order valence-corrected chi connectivity index (χ2v) is 5.32. The van der Waals surface area contributed by atoms with Crippen molar-refractivity contribution in [1.29, 1.82) is 0 Å². The van der Waals surface area contributed by atoms with Gasteiger partial charge in [0.2, 0.25) is 5.91 Å². The molecule has 0 saturated carbocycles. The highest BCUT2D eigenvalue weighted by Gasteiger charge is 2.09. The van der Waals surface area contributed by atoms with E-state index in [9.17, 15) is 4.79 Å². The Balaban J connectivity index is 1.73. The van der Waals surface area contributed by atoms with Crippen molar-refractivity contribution in [2.75, 3.05) is 5.32 Å². The molecule has 0 unspecified atom stereocenters. The van der Waals surface area contributed by atoms with E-state index in [-0.39, 0.29) is 6.54 Å². The molecule has 8 heteroatoms. The van der Waals surface area contributed by atoms with E-state index in [4.69, 9.17) is 5.73 Å². The first-order valence-corrected chi connectivity index (χ1v) is 6.97. The Morgan fingerprint density at radius 2 is 2.40 bits per heavy atom. The normalized spacial score (nSPS) is 11.1. The molecule has 0 saturated heterocycles. The van der Waals surface area contributed by atoms with Crippen LogP contribution >= 0.6 is 11.3 Å². The number of imidazole rings is 1. The van der Waals surface area contributed by atoms with Gasteiger partial charge >= 0.3 is 0 Å². The van der Waals surface area contributed by atoms with Gasteiger partial charge in [0.15, 0.2) is 4.96 Å². The number of carbonyl (C=O) groups excluding carboxylic acids is 1. The zero-order valence-electron chi connectivity index (χ0n) is 10.9. The highest BCUT2D eigenvalue weighted by Crippen LogP contribution is 2.18. The third kappa shape index (κ3) is 2.37. The zero-order valence-corrected chi connectivity index (χ0v) is 11.7. The monoisotopic (exact) mass is 290 g/mol. The van der Waals surface area contributed by atoms with Crippen LogP contribution in [-0.2, 0) is 17.9 Å². The first kappa shape index (κ1) is 12.7. The smallest absolute Gasteiger partial charge is 0.239 e. The molecule has 3 N–H and O–H groups in total. The van der Waals surface area contributed by atoms with Gasteiger partial charge in [-0.3, -0.25) is 13.9 Å². The second-order valence-electron chi connectivity index (χ2n) is 4.45. The van der Waals surface area contributed by atoms with E-state index in [1.807, 2.05) is 18.5 Å². The molecule has 3 aromatic heterocycles.